The largest absolute Gasteiger partial charge is 0.371 e. The number of anilines is 1. The summed E-state index contributed by atoms with van der Waals surface area (Å²) in [6.45, 7) is 1.46. The summed E-state index contributed by atoms with van der Waals surface area (Å²) in [5.74, 6) is 0.503. The molecule has 0 fully saturated rings. The zero-order valence-corrected chi connectivity index (χ0v) is 7.85. The van der Waals surface area contributed by atoms with Crippen molar-refractivity contribution in [3.8, 4) is 0 Å². The van der Waals surface area contributed by atoms with E-state index in [1.54, 1.807) is 7.05 Å². The minimum absolute atomic E-state index is 0.117. The van der Waals surface area contributed by atoms with E-state index in [4.69, 9.17) is 0 Å². The summed E-state index contributed by atoms with van der Waals surface area (Å²) < 4.78 is 1.39. The molecule has 6 nitrogen and oxygen atoms in total. The molecule has 2 aromatic rings. The molecule has 0 aliphatic heterocycles. The first kappa shape index (κ1) is 8.61. The van der Waals surface area contributed by atoms with Crippen LogP contribution in [0.25, 0.3) is 11.2 Å². The van der Waals surface area contributed by atoms with Crippen LogP contribution in [-0.2, 0) is 0 Å². The number of fused-ring (bicyclic) bond motifs is 1. The Balaban J connectivity index is 2.75. The van der Waals surface area contributed by atoms with E-state index >= 15 is 0 Å². The fourth-order valence-corrected chi connectivity index (χ4v) is 1.25. The predicted octanol–water partition coefficient (Wildman–Crippen LogP) is 0.528. The van der Waals surface area contributed by atoms with Crippen LogP contribution in [0.1, 0.15) is 11.7 Å². The van der Waals surface area contributed by atoms with Crippen molar-refractivity contribution in [3.05, 3.63) is 12.7 Å². The van der Waals surface area contributed by atoms with Gasteiger partial charge in [0.25, 0.3) is 0 Å². The Morgan fingerprint density at radius 2 is 2.21 bits per heavy atom. The molecule has 0 unspecified atom stereocenters. The Morgan fingerprint density at radius 1 is 1.43 bits per heavy atom. The average molecular weight is 191 g/mol. The molecule has 72 valence electrons. The molecule has 0 aromatic carbocycles. The first-order valence-electron chi connectivity index (χ1n) is 4.10. The lowest BCUT2D eigenvalue weighted by Gasteiger charge is -1.99. The minimum atomic E-state index is -0.117. The third-order valence-electron chi connectivity index (χ3n) is 1.91. The summed E-state index contributed by atoms with van der Waals surface area (Å²) in [5.41, 5.74) is 1.13. The summed E-state index contributed by atoms with van der Waals surface area (Å²) >= 11 is 0. The van der Waals surface area contributed by atoms with Gasteiger partial charge in [0.2, 0.25) is 5.91 Å². The van der Waals surface area contributed by atoms with Crippen LogP contribution in [0.15, 0.2) is 12.7 Å². The van der Waals surface area contributed by atoms with Gasteiger partial charge in [-0.05, 0) is 0 Å². The highest BCUT2D eigenvalue weighted by Gasteiger charge is 2.10. The summed E-state index contributed by atoms with van der Waals surface area (Å²) in [5, 5.41) is 2.88. The standard InChI is InChI=1S/C8H9N5O/c1-5(14)13-4-12-6-7(9-2)10-3-11-8(6)13/h3-4H,1-2H3,(H,9,10,11). The molecular formula is C8H9N5O. The summed E-state index contributed by atoms with van der Waals surface area (Å²) in [4.78, 5) is 23.2. The Bertz CT molecular complexity index is 489. The number of nitrogens with one attached hydrogen (secondary N) is 1. The molecule has 0 saturated carbocycles. The van der Waals surface area contributed by atoms with Gasteiger partial charge in [0, 0.05) is 14.0 Å². The third-order valence-corrected chi connectivity index (χ3v) is 1.91. The number of hydrogen-bond acceptors (Lipinski definition) is 5. The first-order chi connectivity index (χ1) is 6.74. The molecule has 0 atom stereocenters. The number of rotatable bonds is 1. The molecule has 0 aliphatic rings. The molecule has 0 radical (unpaired) electrons. The van der Waals surface area contributed by atoms with E-state index in [0.717, 1.165) is 0 Å². The van der Waals surface area contributed by atoms with Gasteiger partial charge in [-0.1, -0.05) is 0 Å². The van der Waals surface area contributed by atoms with Crippen LogP contribution < -0.4 is 5.32 Å². The highest BCUT2D eigenvalue weighted by atomic mass is 16.1. The smallest absolute Gasteiger partial charge is 0.230 e. The summed E-state index contributed by atoms with van der Waals surface area (Å²) in [6.07, 6.45) is 2.85. The molecule has 2 heterocycles. The number of aromatic nitrogens is 4. The Labute approximate surface area is 80.0 Å². The molecule has 2 rings (SSSR count). The van der Waals surface area contributed by atoms with Gasteiger partial charge in [-0.25, -0.2) is 15.0 Å². The lowest BCUT2D eigenvalue weighted by atomic mass is 10.5. The van der Waals surface area contributed by atoms with Crippen molar-refractivity contribution in [2.75, 3.05) is 12.4 Å². The summed E-state index contributed by atoms with van der Waals surface area (Å²) in [6, 6.07) is 0. The van der Waals surface area contributed by atoms with Gasteiger partial charge < -0.3 is 5.32 Å². The van der Waals surface area contributed by atoms with Crippen molar-refractivity contribution < 1.29 is 4.79 Å². The van der Waals surface area contributed by atoms with Gasteiger partial charge in [-0.15, -0.1) is 0 Å². The zero-order valence-electron chi connectivity index (χ0n) is 7.85. The van der Waals surface area contributed by atoms with Crippen LogP contribution in [0, 0.1) is 0 Å². The zero-order chi connectivity index (χ0) is 10.1. The molecular weight excluding hydrogens is 182 g/mol. The van der Waals surface area contributed by atoms with Crippen LogP contribution in [0.5, 0.6) is 0 Å². The van der Waals surface area contributed by atoms with Crippen molar-refractivity contribution in [1.82, 2.24) is 19.5 Å². The van der Waals surface area contributed by atoms with Gasteiger partial charge in [-0.2, -0.15) is 0 Å². The Hall–Kier alpha value is -1.98. The molecule has 6 heteroatoms. The van der Waals surface area contributed by atoms with Crippen molar-refractivity contribution in [1.29, 1.82) is 0 Å². The normalized spacial score (nSPS) is 10.4. The van der Waals surface area contributed by atoms with Gasteiger partial charge >= 0.3 is 0 Å². The quantitative estimate of drug-likeness (QED) is 0.711. The topological polar surface area (TPSA) is 72.7 Å². The number of carbonyl (C=O) groups excluding carboxylic acids is 1. The monoisotopic (exact) mass is 191 g/mol. The molecule has 14 heavy (non-hydrogen) atoms. The number of nitrogens with zero attached hydrogens (tertiary/aromatic N) is 4. The van der Waals surface area contributed by atoms with Gasteiger partial charge in [0.15, 0.2) is 17.0 Å². The fourth-order valence-electron chi connectivity index (χ4n) is 1.25. The average Bonchev–Trinajstić information content (AvgIpc) is 2.60. The van der Waals surface area contributed by atoms with E-state index in [2.05, 4.69) is 20.3 Å². The highest BCUT2D eigenvalue weighted by molar-refractivity contribution is 5.91. The molecule has 0 spiro atoms. The molecule has 0 bridgehead atoms. The van der Waals surface area contributed by atoms with E-state index in [1.807, 2.05) is 0 Å². The number of imidazole rings is 1. The van der Waals surface area contributed by atoms with E-state index in [0.29, 0.717) is 17.0 Å². The maximum absolute atomic E-state index is 11.2. The highest BCUT2D eigenvalue weighted by Crippen LogP contribution is 2.15. The van der Waals surface area contributed by atoms with E-state index in [1.165, 1.54) is 24.1 Å². The van der Waals surface area contributed by atoms with Crippen LogP contribution in [-0.4, -0.2) is 32.5 Å². The van der Waals surface area contributed by atoms with E-state index in [-0.39, 0.29) is 5.91 Å². The van der Waals surface area contributed by atoms with Crippen LogP contribution in [0.2, 0.25) is 0 Å². The van der Waals surface area contributed by atoms with Crippen molar-refractivity contribution in [2.24, 2.45) is 0 Å². The van der Waals surface area contributed by atoms with Gasteiger partial charge in [-0.3, -0.25) is 9.36 Å². The van der Waals surface area contributed by atoms with Crippen LogP contribution in [0.4, 0.5) is 5.82 Å². The Morgan fingerprint density at radius 3 is 2.86 bits per heavy atom. The van der Waals surface area contributed by atoms with Gasteiger partial charge in [0.1, 0.15) is 12.7 Å². The van der Waals surface area contributed by atoms with Gasteiger partial charge in [0.05, 0.1) is 0 Å². The molecule has 1 N–H and O–H groups in total. The molecule has 0 saturated heterocycles. The lowest BCUT2D eigenvalue weighted by molar-refractivity contribution is 0.0940. The van der Waals surface area contributed by atoms with E-state index in [9.17, 15) is 4.79 Å². The second-order valence-electron chi connectivity index (χ2n) is 2.78. The second kappa shape index (κ2) is 3.06. The second-order valence-corrected chi connectivity index (χ2v) is 2.78. The maximum atomic E-state index is 11.2. The first-order valence-corrected chi connectivity index (χ1v) is 4.10. The van der Waals surface area contributed by atoms with Crippen molar-refractivity contribution >= 4 is 22.9 Å². The maximum Gasteiger partial charge on any atom is 0.230 e. The fraction of sp³-hybridized carbons (Fsp3) is 0.250. The predicted molar refractivity (Wildman–Crippen MR) is 51.2 cm³/mol. The molecule has 2 aromatic heterocycles. The van der Waals surface area contributed by atoms with Crippen molar-refractivity contribution in [3.63, 3.8) is 0 Å². The SMILES string of the molecule is CNc1ncnc2c1ncn2C(C)=O. The van der Waals surface area contributed by atoms with Crippen LogP contribution >= 0.6 is 0 Å². The molecule has 0 amide bonds. The van der Waals surface area contributed by atoms with E-state index < -0.39 is 0 Å². The summed E-state index contributed by atoms with van der Waals surface area (Å²) in [7, 11) is 1.74. The third kappa shape index (κ3) is 1.12. The Kier molecular flexibility index (Phi) is 1.88. The number of carbonyl (C=O) groups is 1. The van der Waals surface area contributed by atoms with Crippen LogP contribution in [0.3, 0.4) is 0 Å². The lowest BCUT2D eigenvalue weighted by Crippen LogP contribution is -2.05. The number of hydrogen-bond donors (Lipinski definition) is 1. The minimum Gasteiger partial charge on any atom is -0.371 e. The molecule has 0 aliphatic carbocycles. The van der Waals surface area contributed by atoms with Crippen molar-refractivity contribution in [2.45, 2.75) is 6.92 Å².